The summed E-state index contributed by atoms with van der Waals surface area (Å²) in [5, 5.41) is 3.60. The zero-order valence-electron chi connectivity index (χ0n) is 15.9. The number of methoxy groups -OCH3 is 1. The smallest absolute Gasteiger partial charge is 0.321 e. The van der Waals surface area contributed by atoms with E-state index in [2.05, 4.69) is 22.3 Å². The molecule has 1 saturated heterocycles. The molecule has 1 aliphatic rings. The highest BCUT2D eigenvalue weighted by molar-refractivity contribution is 6.31. The van der Waals surface area contributed by atoms with Gasteiger partial charge >= 0.3 is 6.03 Å². The third-order valence-electron chi connectivity index (χ3n) is 4.98. The molecular weight excluding hydrogens is 362 g/mol. The van der Waals surface area contributed by atoms with E-state index in [0.717, 1.165) is 56.1 Å². The Morgan fingerprint density at radius 3 is 2.48 bits per heavy atom. The molecule has 1 aliphatic heterocycles. The fraction of sp³-hybridized carbons (Fsp3) is 0.381. The molecule has 0 aliphatic carbocycles. The number of hydrogen-bond acceptors (Lipinski definition) is 3. The minimum absolute atomic E-state index is 0.0600. The van der Waals surface area contributed by atoms with Crippen LogP contribution in [-0.2, 0) is 6.42 Å². The van der Waals surface area contributed by atoms with E-state index in [0.29, 0.717) is 5.02 Å². The van der Waals surface area contributed by atoms with Crippen molar-refractivity contribution >= 4 is 23.3 Å². The summed E-state index contributed by atoms with van der Waals surface area (Å²) in [5.74, 6) is 0.883. The standard InChI is InChI=1S/C21H26ClN3O2/c1-16-3-6-18(22)15-20(16)23-21(26)25-13-11-24(12-14-25)10-9-17-4-7-19(27-2)8-5-17/h3-8,15H,9-14H2,1-2H3,(H,23,26). The number of carbonyl (C=O) groups excluding carboxylic acids is 1. The molecule has 0 spiro atoms. The van der Waals surface area contributed by atoms with E-state index >= 15 is 0 Å². The third kappa shape index (κ3) is 5.37. The van der Waals surface area contributed by atoms with E-state index in [1.807, 2.05) is 36.1 Å². The van der Waals surface area contributed by atoms with Crippen LogP contribution in [0.1, 0.15) is 11.1 Å². The predicted molar refractivity (Wildman–Crippen MR) is 110 cm³/mol. The lowest BCUT2D eigenvalue weighted by Crippen LogP contribution is -2.50. The molecule has 144 valence electrons. The summed E-state index contributed by atoms with van der Waals surface area (Å²) < 4.78 is 5.19. The van der Waals surface area contributed by atoms with E-state index in [-0.39, 0.29) is 6.03 Å². The largest absolute Gasteiger partial charge is 0.497 e. The Bertz CT molecular complexity index is 771. The van der Waals surface area contributed by atoms with Gasteiger partial charge in [0.25, 0.3) is 0 Å². The number of benzene rings is 2. The molecule has 0 bridgehead atoms. The van der Waals surface area contributed by atoms with Gasteiger partial charge in [-0.15, -0.1) is 0 Å². The first-order chi connectivity index (χ1) is 13.0. The maximum atomic E-state index is 12.5. The lowest BCUT2D eigenvalue weighted by Gasteiger charge is -2.34. The summed E-state index contributed by atoms with van der Waals surface area (Å²) in [5.41, 5.74) is 3.08. The number of nitrogens with zero attached hydrogens (tertiary/aromatic N) is 2. The van der Waals surface area contributed by atoms with Gasteiger partial charge in [-0.2, -0.15) is 0 Å². The van der Waals surface area contributed by atoms with Crippen molar-refractivity contribution in [3.8, 4) is 5.75 Å². The van der Waals surface area contributed by atoms with E-state index in [9.17, 15) is 4.79 Å². The van der Waals surface area contributed by atoms with Crippen molar-refractivity contribution in [2.45, 2.75) is 13.3 Å². The number of rotatable bonds is 5. The van der Waals surface area contributed by atoms with Crippen LogP contribution in [0.4, 0.5) is 10.5 Å². The minimum atomic E-state index is -0.0600. The van der Waals surface area contributed by atoms with Crippen LogP contribution in [0.25, 0.3) is 0 Å². The fourth-order valence-electron chi connectivity index (χ4n) is 3.18. The molecule has 6 heteroatoms. The number of nitrogens with one attached hydrogen (secondary N) is 1. The Labute approximate surface area is 165 Å². The number of aryl methyl sites for hydroxylation is 1. The summed E-state index contributed by atoms with van der Waals surface area (Å²) in [6, 6.07) is 13.7. The molecule has 1 N–H and O–H groups in total. The first kappa shape index (κ1) is 19.5. The summed E-state index contributed by atoms with van der Waals surface area (Å²) in [4.78, 5) is 16.8. The van der Waals surface area contributed by atoms with Crippen molar-refractivity contribution < 1.29 is 9.53 Å². The van der Waals surface area contributed by atoms with Crippen molar-refractivity contribution in [2.75, 3.05) is 45.2 Å². The fourth-order valence-corrected chi connectivity index (χ4v) is 3.35. The summed E-state index contributed by atoms with van der Waals surface area (Å²) in [6.45, 7) is 6.19. The molecule has 0 aromatic heterocycles. The van der Waals surface area contributed by atoms with Crippen LogP contribution >= 0.6 is 11.6 Å². The van der Waals surface area contributed by atoms with Gasteiger partial charge in [-0.3, -0.25) is 4.90 Å². The molecule has 3 rings (SSSR count). The average molecular weight is 388 g/mol. The SMILES string of the molecule is COc1ccc(CCN2CCN(C(=O)Nc3cc(Cl)ccc3C)CC2)cc1. The van der Waals surface area contributed by atoms with Gasteiger partial charge in [0.15, 0.2) is 0 Å². The molecule has 2 aromatic rings. The molecular formula is C21H26ClN3O2. The average Bonchev–Trinajstić information content (AvgIpc) is 2.70. The second-order valence-corrected chi connectivity index (χ2v) is 7.25. The number of ether oxygens (including phenoxy) is 1. The van der Waals surface area contributed by atoms with Gasteiger partial charge in [-0.05, 0) is 48.7 Å². The summed E-state index contributed by atoms with van der Waals surface area (Å²) in [7, 11) is 1.68. The Kier molecular flexibility index (Phi) is 6.58. The number of amides is 2. The number of anilines is 1. The van der Waals surface area contributed by atoms with E-state index in [1.54, 1.807) is 13.2 Å². The van der Waals surface area contributed by atoms with Gasteiger partial charge in [0.1, 0.15) is 5.75 Å². The van der Waals surface area contributed by atoms with Crippen LogP contribution in [0.2, 0.25) is 5.02 Å². The van der Waals surface area contributed by atoms with Crippen molar-refractivity contribution in [1.82, 2.24) is 9.80 Å². The second-order valence-electron chi connectivity index (χ2n) is 6.82. The molecule has 1 fully saturated rings. The number of piperazine rings is 1. The number of halogens is 1. The zero-order chi connectivity index (χ0) is 19.2. The molecule has 1 heterocycles. The number of carbonyl (C=O) groups is 1. The van der Waals surface area contributed by atoms with Gasteiger partial charge in [-0.25, -0.2) is 4.79 Å². The molecule has 0 saturated carbocycles. The first-order valence-corrected chi connectivity index (χ1v) is 9.60. The monoisotopic (exact) mass is 387 g/mol. The maximum Gasteiger partial charge on any atom is 0.321 e. The topological polar surface area (TPSA) is 44.8 Å². The molecule has 2 amide bonds. The Balaban J connectivity index is 1.45. The van der Waals surface area contributed by atoms with Gasteiger partial charge in [0, 0.05) is 43.4 Å². The molecule has 0 unspecified atom stereocenters. The minimum Gasteiger partial charge on any atom is -0.497 e. The zero-order valence-corrected chi connectivity index (χ0v) is 16.6. The highest BCUT2D eigenvalue weighted by Gasteiger charge is 2.21. The Morgan fingerprint density at radius 2 is 1.81 bits per heavy atom. The van der Waals surface area contributed by atoms with Crippen LogP contribution < -0.4 is 10.1 Å². The second kappa shape index (κ2) is 9.11. The summed E-state index contributed by atoms with van der Waals surface area (Å²) >= 11 is 6.03. The van der Waals surface area contributed by atoms with Crippen molar-refractivity contribution in [1.29, 1.82) is 0 Å². The van der Waals surface area contributed by atoms with Gasteiger partial charge in [0.05, 0.1) is 7.11 Å². The maximum absolute atomic E-state index is 12.5. The van der Waals surface area contributed by atoms with Crippen LogP contribution in [-0.4, -0.2) is 55.7 Å². The van der Waals surface area contributed by atoms with Gasteiger partial charge in [0.2, 0.25) is 0 Å². The van der Waals surface area contributed by atoms with E-state index < -0.39 is 0 Å². The van der Waals surface area contributed by atoms with Crippen LogP contribution in [0.3, 0.4) is 0 Å². The molecule has 5 nitrogen and oxygen atoms in total. The molecule has 2 aromatic carbocycles. The van der Waals surface area contributed by atoms with E-state index in [4.69, 9.17) is 16.3 Å². The van der Waals surface area contributed by atoms with Crippen LogP contribution in [0.5, 0.6) is 5.75 Å². The molecule has 27 heavy (non-hydrogen) atoms. The van der Waals surface area contributed by atoms with Gasteiger partial charge in [-0.1, -0.05) is 29.8 Å². The Morgan fingerprint density at radius 1 is 1.11 bits per heavy atom. The molecule has 0 atom stereocenters. The number of hydrogen-bond donors (Lipinski definition) is 1. The lowest BCUT2D eigenvalue weighted by molar-refractivity contribution is 0.148. The van der Waals surface area contributed by atoms with Crippen LogP contribution in [0, 0.1) is 6.92 Å². The molecule has 0 radical (unpaired) electrons. The van der Waals surface area contributed by atoms with Crippen molar-refractivity contribution in [3.63, 3.8) is 0 Å². The third-order valence-corrected chi connectivity index (χ3v) is 5.21. The van der Waals surface area contributed by atoms with Crippen molar-refractivity contribution in [3.05, 3.63) is 58.6 Å². The highest BCUT2D eigenvalue weighted by atomic mass is 35.5. The Hall–Kier alpha value is -2.24. The van der Waals surface area contributed by atoms with Gasteiger partial charge < -0.3 is 15.0 Å². The first-order valence-electron chi connectivity index (χ1n) is 9.22. The van der Waals surface area contributed by atoms with Crippen molar-refractivity contribution in [2.24, 2.45) is 0 Å². The van der Waals surface area contributed by atoms with E-state index in [1.165, 1.54) is 5.56 Å². The quantitative estimate of drug-likeness (QED) is 0.841. The number of urea groups is 1. The predicted octanol–water partition coefficient (Wildman–Crippen LogP) is 4.05. The normalized spacial score (nSPS) is 14.9. The lowest BCUT2D eigenvalue weighted by atomic mass is 10.1. The summed E-state index contributed by atoms with van der Waals surface area (Å²) in [6.07, 6.45) is 0.998. The van der Waals surface area contributed by atoms with Crippen LogP contribution in [0.15, 0.2) is 42.5 Å². The highest BCUT2D eigenvalue weighted by Crippen LogP contribution is 2.21.